The molecular weight excluding hydrogens is 449 g/mol. The standard InChI is InChI=1S/C27H20FN3O4/c1-17-7-8-19(11-24(17)28)30-26(32)16-34-21-9-10-22-25(12-21)35-15-23(27(22)33)18-13-29-31(14-18)20-5-3-2-4-6-20/h2-15H,16H2,1H3,(H,30,32). The second-order valence-electron chi connectivity index (χ2n) is 7.95. The van der Waals surface area contributed by atoms with E-state index in [1.54, 1.807) is 54.3 Å². The first-order chi connectivity index (χ1) is 17.0. The van der Waals surface area contributed by atoms with Crippen molar-refractivity contribution >= 4 is 22.6 Å². The Kier molecular flexibility index (Phi) is 5.85. The van der Waals surface area contributed by atoms with Gasteiger partial charge in [-0.1, -0.05) is 24.3 Å². The maximum atomic E-state index is 13.7. The number of carbonyl (C=O) groups excluding carboxylic acids is 1. The number of carbonyl (C=O) groups is 1. The molecule has 3 aromatic carbocycles. The Bertz CT molecular complexity index is 1590. The summed E-state index contributed by atoms with van der Waals surface area (Å²) in [4.78, 5) is 25.2. The second kappa shape index (κ2) is 9.26. The van der Waals surface area contributed by atoms with E-state index in [0.717, 1.165) is 5.69 Å². The van der Waals surface area contributed by atoms with E-state index >= 15 is 0 Å². The summed E-state index contributed by atoms with van der Waals surface area (Å²) < 4.78 is 26.6. The lowest BCUT2D eigenvalue weighted by molar-refractivity contribution is -0.118. The molecule has 0 spiro atoms. The van der Waals surface area contributed by atoms with E-state index in [9.17, 15) is 14.0 Å². The van der Waals surface area contributed by atoms with Crippen LogP contribution in [0.1, 0.15) is 5.56 Å². The molecule has 1 amide bonds. The Morgan fingerprint density at radius 1 is 1.11 bits per heavy atom. The lowest BCUT2D eigenvalue weighted by atomic mass is 10.1. The van der Waals surface area contributed by atoms with Crippen LogP contribution in [-0.4, -0.2) is 22.3 Å². The molecule has 5 aromatic rings. The fourth-order valence-electron chi connectivity index (χ4n) is 3.60. The second-order valence-corrected chi connectivity index (χ2v) is 7.95. The molecule has 7 nitrogen and oxygen atoms in total. The number of amides is 1. The molecule has 0 aliphatic rings. The number of aryl methyl sites for hydroxylation is 1. The SMILES string of the molecule is Cc1ccc(NC(=O)COc2ccc3c(=O)c(-c4cnn(-c5ccccc5)c4)coc3c2)cc1F. The molecule has 174 valence electrons. The third-order valence-electron chi connectivity index (χ3n) is 5.49. The lowest BCUT2D eigenvalue weighted by Gasteiger charge is -2.09. The summed E-state index contributed by atoms with van der Waals surface area (Å²) in [7, 11) is 0. The topological polar surface area (TPSA) is 86.4 Å². The van der Waals surface area contributed by atoms with Gasteiger partial charge >= 0.3 is 0 Å². The Morgan fingerprint density at radius 2 is 1.94 bits per heavy atom. The highest BCUT2D eigenvalue weighted by Crippen LogP contribution is 2.24. The summed E-state index contributed by atoms with van der Waals surface area (Å²) in [6, 6.07) is 18.7. The molecule has 0 aliphatic heterocycles. The zero-order valence-corrected chi connectivity index (χ0v) is 18.7. The van der Waals surface area contributed by atoms with E-state index in [1.165, 1.54) is 12.3 Å². The maximum absolute atomic E-state index is 13.7. The van der Waals surface area contributed by atoms with Crippen molar-refractivity contribution in [3.05, 3.63) is 107 Å². The van der Waals surface area contributed by atoms with Crippen LogP contribution in [0.2, 0.25) is 0 Å². The van der Waals surface area contributed by atoms with Gasteiger partial charge in [0.15, 0.2) is 6.61 Å². The molecule has 0 saturated carbocycles. The Labute approximate surface area is 199 Å². The van der Waals surface area contributed by atoms with Crippen molar-refractivity contribution in [1.29, 1.82) is 0 Å². The van der Waals surface area contributed by atoms with Gasteiger partial charge in [-0.25, -0.2) is 9.07 Å². The number of para-hydroxylation sites is 1. The number of rotatable bonds is 6. The molecule has 0 unspecified atom stereocenters. The Hall–Kier alpha value is -4.72. The molecule has 0 aliphatic carbocycles. The molecule has 35 heavy (non-hydrogen) atoms. The zero-order valence-electron chi connectivity index (χ0n) is 18.7. The van der Waals surface area contributed by atoms with Crippen LogP contribution in [0, 0.1) is 12.7 Å². The average Bonchev–Trinajstić information content (AvgIpc) is 3.36. The van der Waals surface area contributed by atoms with Crippen LogP contribution in [0.5, 0.6) is 5.75 Å². The van der Waals surface area contributed by atoms with Crippen LogP contribution >= 0.6 is 0 Å². The fraction of sp³-hybridized carbons (Fsp3) is 0.0741. The molecule has 1 N–H and O–H groups in total. The molecule has 2 aromatic heterocycles. The van der Waals surface area contributed by atoms with Crippen LogP contribution in [0.3, 0.4) is 0 Å². The molecule has 0 radical (unpaired) electrons. The van der Waals surface area contributed by atoms with Gasteiger partial charge in [0.05, 0.1) is 22.8 Å². The molecule has 0 bridgehead atoms. The summed E-state index contributed by atoms with van der Waals surface area (Å²) in [6.07, 6.45) is 4.77. The van der Waals surface area contributed by atoms with Crippen LogP contribution in [0.25, 0.3) is 27.8 Å². The summed E-state index contributed by atoms with van der Waals surface area (Å²) in [5.41, 5.74) is 2.85. The molecule has 8 heteroatoms. The maximum Gasteiger partial charge on any atom is 0.262 e. The van der Waals surface area contributed by atoms with Crippen molar-refractivity contribution in [2.24, 2.45) is 0 Å². The fourth-order valence-corrected chi connectivity index (χ4v) is 3.60. The van der Waals surface area contributed by atoms with E-state index in [0.29, 0.717) is 39.1 Å². The summed E-state index contributed by atoms with van der Waals surface area (Å²) in [6.45, 7) is 1.35. The van der Waals surface area contributed by atoms with Crippen molar-refractivity contribution in [2.75, 3.05) is 11.9 Å². The van der Waals surface area contributed by atoms with Gasteiger partial charge in [0.2, 0.25) is 5.43 Å². The van der Waals surface area contributed by atoms with Crippen LogP contribution in [0.15, 0.2) is 94.6 Å². The smallest absolute Gasteiger partial charge is 0.262 e. The summed E-state index contributed by atoms with van der Waals surface area (Å²) in [5.74, 6) is -0.490. The van der Waals surface area contributed by atoms with Crippen LogP contribution in [-0.2, 0) is 4.79 Å². The van der Waals surface area contributed by atoms with Gasteiger partial charge in [-0.3, -0.25) is 9.59 Å². The minimum Gasteiger partial charge on any atom is -0.484 e. The Morgan fingerprint density at radius 3 is 2.74 bits per heavy atom. The van der Waals surface area contributed by atoms with Gasteiger partial charge in [0.25, 0.3) is 5.91 Å². The molecule has 0 saturated heterocycles. The van der Waals surface area contributed by atoms with Gasteiger partial charge in [-0.05, 0) is 48.9 Å². The van der Waals surface area contributed by atoms with Gasteiger partial charge in [0.1, 0.15) is 23.4 Å². The zero-order chi connectivity index (χ0) is 24.4. The van der Waals surface area contributed by atoms with Gasteiger partial charge < -0.3 is 14.5 Å². The first kappa shape index (κ1) is 22.1. The summed E-state index contributed by atoms with van der Waals surface area (Å²) in [5, 5.41) is 7.29. The van der Waals surface area contributed by atoms with Gasteiger partial charge in [0, 0.05) is 23.5 Å². The highest BCUT2D eigenvalue weighted by Gasteiger charge is 2.13. The summed E-state index contributed by atoms with van der Waals surface area (Å²) >= 11 is 0. The minimum absolute atomic E-state index is 0.204. The van der Waals surface area contributed by atoms with E-state index in [4.69, 9.17) is 9.15 Å². The number of fused-ring (bicyclic) bond motifs is 1. The Balaban J connectivity index is 1.31. The van der Waals surface area contributed by atoms with Crippen LogP contribution in [0.4, 0.5) is 10.1 Å². The van der Waals surface area contributed by atoms with Crippen molar-refractivity contribution in [3.63, 3.8) is 0 Å². The average molecular weight is 469 g/mol. The largest absolute Gasteiger partial charge is 0.484 e. The predicted octanol–water partition coefficient (Wildman–Crippen LogP) is 5.11. The minimum atomic E-state index is -0.444. The first-order valence-corrected chi connectivity index (χ1v) is 10.8. The normalized spacial score (nSPS) is 10.9. The first-order valence-electron chi connectivity index (χ1n) is 10.8. The lowest BCUT2D eigenvalue weighted by Crippen LogP contribution is -2.20. The molecular formula is C27H20FN3O4. The monoisotopic (exact) mass is 469 g/mol. The van der Waals surface area contributed by atoms with Crippen LogP contribution < -0.4 is 15.5 Å². The number of hydrogen-bond acceptors (Lipinski definition) is 5. The molecule has 5 rings (SSSR count). The number of benzene rings is 3. The van der Waals surface area contributed by atoms with E-state index < -0.39 is 11.7 Å². The highest BCUT2D eigenvalue weighted by molar-refractivity contribution is 5.92. The molecule has 0 atom stereocenters. The van der Waals surface area contributed by atoms with E-state index in [1.807, 2.05) is 30.3 Å². The van der Waals surface area contributed by atoms with E-state index in [-0.39, 0.29) is 12.0 Å². The third-order valence-corrected chi connectivity index (χ3v) is 5.49. The quantitative estimate of drug-likeness (QED) is 0.373. The number of halogens is 1. The van der Waals surface area contributed by atoms with E-state index in [2.05, 4.69) is 10.4 Å². The number of anilines is 1. The number of nitrogens with zero attached hydrogens (tertiary/aromatic N) is 2. The third kappa shape index (κ3) is 4.67. The number of hydrogen-bond donors (Lipinski definition) is 1. The van der Waals surface area contributed by atoms with Gasteiger partial charge in [-0.2, -0.15) is 5.10 Å². The number of aromatic nitrogens is 2. The number of nitrogens with one attached hydrogen (secondary N) is 1. The van der Waals surface area contributed by atoms with Crippen molar-refractivity contribution in [2.45, 2.75) is 6.92 Å². The highest BCUT2D eigenvalue weighted by atomic mass is 19.1. The predicted molar refractivity (Wildman–Crippen MR) is 130 cm³/mol. The molecule has 2 heterocycles. The van der Waals surface area contributed by atoms with Crippen molar-refractivity contribution in [1.82, 2.24) is 9.78 Å². The van der Waals surface area contributed by atoms with Gasteiger partial charge in [-0.15, -0.1) is 0 Å². The van der Waals surface area contributed by atoms with Crippen molar-refractivity contribution in [3.8, 4) is 22.6 Å². The molecule has 0 fully saturated rings. The number of ether oxygens (including phenoxy) is 1. The van der Waals surface area contributed by atoms with Crippen molar-refractivity contribution < 1.29 is 18.3 Å².